The Labute approximate surface area is 149 Å². The Kier molecular flexibility index (Phi) is 6.76. The predicted octanol–water partition coefficient (Wildman–Crippen LogP) is 2.76. The molecule has 0 saturated carbocycles. The number of carbonyl (C=O) groups is 1. The number of carbonyl (C=O) groups excluding carboxylic acids is 1. The molecule has 2 atom stereocenters. The van der Waals surface area contributed by atoms with Gasteiger partial charge in [-0.1, -0.05) is 60.4 Å². The fourth-order valence-electron chi connectivity index (χ4n) is 2.30. The van der Waals surface area contributed by atoms with Crippen LogP contribution in [0.2, 0.25) is 0 Å². The molecule has 0 saturated heterocycles. The maximum atomic E-state index is 12.2. The molecular formula is C21H23NO3. The predicted molar refractivity (Wildman–Crippen MR) is 97.5 cm³/mol. The number of benzene rings is 2. The van der Waals surface area contributed by atoms with E-state index in [1.165, 1.54) is 7.11 Å². The first-order chi connectivity index (χ1) is 12.1. The van der Waals surface area contributed by atoms with E-state index in [0.29, 0.717) is 6.61 Å². The van der Waals surface area contributed by atoms with Gasteiger partial charge in [0, 0.05) is 11.5 Å². The molecule has 0 fully saturated rings. The first-order valence-corrected chi connectivity index (χ1v) is 8.12. The second kappa shape index (κ2) is 9.03. The van der Waals surface area contributed by atoms with Crippen molar-refractivity contribution in [3.8, 4) is 11.8 Å². The van der Waals surface area contributed by atoms with Crippen molar-refractivity contribution in [1.82, 2.24) is 0 Å². The second-order valence-electron chi connectivity index (χ2n) is 5.87. The van der Waals surface area contributed by atoms with Gasteiger partial charge in [-0.2, -0.15) is 0 Å². The molecule has 2 aromatic rings. The Balaban J connectivity index is 2.08. The number of hydrogen-bond acceptors (Lipinski definition) is 4. The van der Waals surface area contributed by atoms with Gasteiger partial charge in [-0.05, 0) is 24.6 Å². The molecular weight excluding hydrogens is 314 g/mol. The minimum Gasteiger partial charge on any atom is -0.468 e. The van der Waals surface area contributed by atoms with Crippen LogP contribution < -0.4 is 5.73 Å². The average Bonchev–Trinajstić information content (AvgIpc) is 2.66. The van der Waals surface area contributed by atoms with E-state index in [-0.39, 0.29) is 6.61 Å². The summed E-state index contributed by atoms with van der Waals surface area (Å²) in [6.07, 6.45) is 0. The molecule has 0 unspecified atom stereocenters. The first kappa shape index (κ1) is 18.7. The standard InChI is InChI=1S/C21H23NO3/c1-17(13-14-18-9-5-3-6-10-18)21(22,20(23)24-2)16-25-15-19-11-7-4-8-12-19/h3-12,17H,15-16,22H2,1-2H3/t17-,21+/m1/s1. The zero-order valence-electron chi connectivity index (χ0n) is 14.6. The Morgan fingerprint density at radius 2 is 1.72 bits per heavy atom. The van der Waals surface area contributed by atoms with Crippen molar-refractivity contribution in [3.63, 3.8) is 0 Å². The van der Waals surface area contributed by atoms with Crippen LogP contribution in [-0.4, -0.2) is 25.2 Å². The summed E-state index contributed by atoms with van der Waals surface area (Å²) >= 11 is 0. The van der Waals surface area contributed by atoms with Crippen LogP contribution in [0, 0.1) is 17.8 Å². The lowest BCUT2D eigenvalue weighted by Crippen LogP contribution is -2.57. The van der Waals surface area contributed by atoms with E-state index in [0.717, 1.165) is 11.1 Å². The van der Waals surface area contributed by atoms with Gasteiger partial charge in [0.1, 0.15) is 0 Å². The van der Waals surface area contributed by atoms with Gasteiger partial charge < -0.3 is 15.2 Å². The van der Waals surface area contributed by atoms with Crippen LogP contribution in [0.1, 0.15) is 18.1 Å². The lowest BCUT2D eigenvalue weighted by molar-refractivity contribution is -0.151. The highest BCUT2D eigenvalue weighted by Gasteiger charge is 2.41. The van der Waals surface area contributed by atoms with Gasteiger partial charge in [-0.25, -0.2) is 4.79 Å². The number of hydrogen-bond donors (Lipinski definition) is 1. The molecule has 0 amide bonds. The van der Waals surface area contributed by atoms with Crippen molar-refractivity contribution >= 4 is 5.97 Å². The largest absolute Gasteiger partial charge is 0.468 e. The van der Waals surface area contributed by atoms with Crippen LogP contribution in [0.15, 0.2) is 60.7 Å². The lowest BCUT2D eigenvalue weighted by Gasteiger charge is -2.29. The number of methoxy groups -OCH3 is 1. The molecule has 2 N–H and O–H groups in total. The van der Waals surface area contributed by atoms with Crippen molar-refractivity contribution in [1.29, 1.82) is 0 Å². The van der Waals surface area contributed by atoms with Crippen LogP contribution >= 0.6 is 0 Å². The van der Waals surface area contributed by atoms with Crippen molar-refractivity contribution in [2.45, 2.75) is 19.1 Å². The summed E-state index contributed by atoms with van der Waals surface area (Å²) in [6, 6.07) is 19.3. The van der Waals surface area contributed by atoms with E-state index in [4.69, 9.17) is 15.2 Å². The summed E-state index contributed by atoms with van der Waals surface area (Å²) in [4.78, 5) is 12.2. The van der Waals surface area contributed by atoms with E-state index in [2.05, 4.69) is 11.8 Å². The first-order valence-electron chi connectivity index (χ1n) is 8.12. The number of esters is 1. The summed E-state index contributed by atoms with van der Waals surface area (Å²) in [5, 5.41) is 0. The van der Waals surface area contributed by atoms with Gasteiger partial charge in [0.05, 0.1) is 20.3 Å². The third-order valence-corrected chi connectivity index (χ3v) is 4.00. The van der Waals surface area contributed by atoms with Crippen LogP contribution in [0.25, 0.3) is 0 Å². The molecule has 0 aliphatic carbocycles. The Bertz CT molecular complexity index is 734. The Morgan fingerprint density at radius 3 is 2.32 bits per heavy atom. The maximum absolute atomic E-state index is 12.2. The van der Waals surface area contributed by atoms with Crippen LogP contribution in [0.4, 0.5) is 0 Å². The maximum Gasteiger partial charge on any atom is 0.329 e. The fourth-order valence-corrected chi connectivity index (χ4v) is 2.30. The SMILES string of the molecule is COC(=O)[C@](N)(COCc1ccccc1)[C@H](C)C#Cc1ccccc1. The van der Waals surface area contributed by atoms with Gasteiger partial charge in [-0.3, -0.25) is 0 Å². The molecule has 2 rings (SSSR count). The van der Waals surface area contributed by atoms with Crippen LogP contribution in [0.3, 0.4) is 0 Å². The van der Waals surface area contributed by atoms with E-state index in [1.54, 1.807) is 6.92 Å². The van der Waals surface area contributed by atoms with E-state index >= 15 is 0 Å². The molecule has 4 heteroatoms. The molecule has 0 aromatic heterocycles. The molecule has 4 nitrogen and oxygen atoms in total. The third-order valence-electron chi connectivity index (χ3n) is 4.00. The van der Waals surface area contributed by atoms with Crippen molar-refractivity contribution in [3.05, 3.63) is 71.8 Å². The summed E-state index contributed by atoms with van der Waals surface area (Å²) in [6.45, 7) is 2.20. The van der Waals surface area contributed by atoms with Gasteiger partial charge in [0.25, 0.3) is 0 Å². The summed E-state index contributed by atoms with van der Waals surface area (Å²) in [7, 11) is 1.32. The van der Waals surface area contributed by atoms with Crippen molar-refractivity contribution in [2.75, 3.05) is 13.7 Å². The van der Waals surface area contributed by atoms with Crippen molar-refractivity contribution in [2.24, 2.45) is 11.7 Å². The Hall–Kier alpha value is -2.61. The molecule has 0 heterocycles. The van der Waals surface area contributed by atoms with E-state index < -0.39 is 17.4 Å². The normalized spacial score (nSPS) is 13.9. The average molecular weight is 337 g/mol. The molecule has 0 radical (unpaired) electrons. The smallest absolute Gasteiger partial charge is 0.329 e. The zero-order valence-corrected chi connectivity index (χ0v) is 14.6. The highest BCUT2D eigenvalue weighted by atomic mass is 16.5. The van der Waals surface area contributed by atoms with E-state index in [9.17, 15) is 4.79 Å². The van der Waals surface area contributed by atoms with Crippen LogP contribution in [0.5, 0.6) is 0 Å². The highest BCUT2D eigenvalue weighted by Crippen LogP contribution is 2.18. The molecule has 2 aromatic carbocycles. The molecule has 25 heavy (non-hydrogen) atoms. The quantitative estimate of drug-likeness (QED) is 0.650. The monoisotopic (exact) mass is 337 g/mol. The van der Waals surface area contributed by atoms with Crippen molar-refractivity contribution < 1.29 is 14.3 Å². The third kappa shape index (κ3) is 5.18. The fraction of sp³-hybridized carbons (Fsp3) is 0.286. The van der Waals surface area contributed by atoms with Gasteiger partial charge in [0.2, 0.25) is 0 Å². The summed E-state index contributed by atoms with van der Waals surface area (Å²) in [5.74, 6) is 5.13. The summed E-state index contributed by atoms with van der Waals surface area (Å²) in [5.41, 5.74) is 6.87. The molecule has 0 spiro atoms. The number of rotatable bonds is 6. The zero-order chi connectivity index (χ0) is 18.1. The number of ether oxygens (including phenoxy) is 2. The molecule has 0 aliphatic heterocycles. The molecule has 130 valence electrons. The second-order valence-corrected chi connectivity index (χ2v) is 5.87. The molecule has 0 aliphatic rings. The lowest BCUT2D eigenvalue weighted by atomic mass is 9.87. The Morgan fingerprint density at radius 1 is 1.12 bits per heavy atom. The minimum absolute atomic E-state index is 0.0270. The summed E-state index contributed by atoms with van der Waals surface area (Å²) < 4.78 is 10.6. The highest BCUT2D eigenvalue weighted by molar-refractivity contribution is 5.81. The molecule has 0 bridgehead atoms. The topological polar surface area (TPSA) is 61.5 Å². The van der Waals surface area contributed by atoms with Gasteiger partial charge in [-0.15, -0.1) is 0 Å². The van der Waals surface area contributed by atoms with Gasteiger partial charge in [0.15, 0.2) is 5.54 Å². The van der Waals surface area contributed by atoms with E-state index in [1.807, 2.05) is 60.7 Å². The van der Waals surface area contributed by atoms with Crippen LogP contribution in [-0.2, 0) is 20.9 Å². The minimum atomic E-state index is -1.33. The number of nitrogens with two attached hydrogens (primary N) is 1. The van der Waals surface area contributed by atoms with Gasteiger partial charge >= 0.3 is 5.97 Å².